The molecule has 3 rings (SSSR count). The highest BCUT2D eigenvalue weighted by Crippen LogP contribution is 2.52. The summed E-state index contributed by atoms with van der Waals surface area (Å²) in [5.74, 6) is -4.18. The largest absolute Gasteiger partial charge is 0.480 e. The average molecular weight is 479 g/mol. The Kier molecular flexibility index (Phi) is 6.67. The fraction of sp³-hybridized carbons (Fsp3) is 0.333. The number of allylic oxidation sites excluding steroid dienone is 1. The molecule has 0 saturated carbocycles. The van der Waals surface area contributed by atoms with Gasteiger partial charge in [-0.2, -0.15) is 5.26 Å². The molecule has 8 heteroatoms. The number of nitrogens with zero attached hydrogens (tertiary/aromatic N) is 1. The van der Waals surface area contributed by atoms with Gasteiger partial charge in [0.25, 0.3) is 0 Å². The first-order valence-electron chi connectivity index (χ1n) is 9.91. The lowest BCUT2D eigenvalue weighted by Crippen LogP contribution is -2.45. The summed E-state index contributed by atoms with van der Waals surface area (Å²) >= 11 is 11.9. The average Bonchev–Trinajstić information content (AvgIpc) is 3.04. The van der Waals surface area contributed by atoms with Gasteiger partial charge in [-0.25, -0.2) is 8.78 Å². The maximum Gasteiger partial charge on any atom is 0.321 e. The Morgan fingerprint density at radius 3 is 2.59 bits per heavy atom. The van der Waals surface area contributed by atoms with E-state index in [1.807, 2.05) is 13.8 Å². The maximum atomic E-state index is 15.3. The lowest BCUT2D eigenvalue weighted by molar-refractivity contribution is -0.139. The normalized spacial score (nSPS) is 25.3. The van der Waals surface area contributed by atoms with E-state index in [0.29, 0.717) is 0 Å². The van der Waals surface area contributed by atoms with Crippen LogP contribution in [0.5, 0.6) is 0 Å². The van der Waals surface area contributed by atoms with Gasteiger partial charge in [-0.3, -0.25) is 10.1 Å². The zero-order valence-corrected chi connectivity index (χ0v) is 19.0. The van der Waals surface area contributed by atoms with Crippen molar-refractivity contribution in [3.8, 4) is 6.07 Å². The van der Waals surface area contributed by atoms with Gasteiger partial charge in [0.2, 0.25) is 0 Å². The molecule has 1 heterocycles. The van der Waals surface area contributed by atoms with Crippen LogP contribution in [0.25, 0.3) is 0 Å². The second kappa shape index (κ2) is 8.82. The molecule has 1 fully saturated rings. The Hall–Kier alpha value is -2.46. The molecule has 1 saturated heterocycles. The van der Waals surface area contributed by atoms with Crippen LogP contribution in [0.15, 0.2) is 49.1 Å². The number of nitrogens with one attached hydrogen (secondary N) is 1. The second-order valence-electron chi connectivity index (χ2n) is 8.66. The monoisotopic (exact) mass is 478 g/mol. The summed E-state index contributed by atoms with van der Waals surface area (Å²) in [6.45, 7) is 7.54. The summed E-state index contributed by atoms with van der Waals surface area (Å²) in [5.41, 5.74) is -2.45. The first-order valence-corrected chi connectivity index (χ1v) is 10.7. The van der Waals surface area contributed by atoms with Gasteiger partial charge in [0.1, 0.15) is 23.1 Å². The topological polar surface area (TPSA) is 73.1 Å². The van der Waals surface area contributed by atoms with Crippen molar-refractivity contribution < 1.29 is 18.7 Å². The van der Waals surface area contributed by atoms with Gasteiger partial charge in [-0.1, -0.05) is 61.3 Å². The first-order chi connectivity index (χ1) is 15.0. The van der Waals surface area contributed by atoms with Crippen molar-refractivity contribution in [2.24, 2.45) is 5.41 Å². The van der Waals surface area contributed by atoms with Gasteiger partial charge in [0.05, 0.1) is 11.1 Å². The van der Waals surface area contributed by atoms with Crippen LogP contribution in [0.4, 0.5) is 8.78 Å². The number of nitriles is 1. The van der Waals surface area contributed by atoms with E-state index in [2.05, 4.69) is 18.0 Å². The van der Waals surface area contributed by atoms with Crippen LogP contribution in [0, 0.1) is 28.4 Å². The highest BCUT2D eigenvalue weighted by Gasteiger charge is 2.61. The van der Waals surface area contributed by atoms with Crippen LogP contribution < -0.4 is 5.32 Å². The molecule has 168 valence electrons. The first kappa shape index (κ1) is 24.2. The van der Waals surface area contributed by atoms with E-state index >= 15 is 8.78 Å². The lowest BCUT2D eigenvalue weighted by Gasteiger charge is -2.37. The summed E-state index contributed by atoms with van der Waals surface area (Å²) in [5, 5.41) is 23.4. The number of rotatable bonds is 6. The SMILES string of the molecule is C=CC(C)(C)CC1NC(C(=O)O)C(c2cccc(Cl)c2F)C1(C#N)c1ccc(Cl)cc1F. The van der Waals surface area contributed by atoms with Crippen LogP contribution in [0.3, 0.4) is 0 Å². The molecule has 1 aliphatic heterocycles. The number of hydrogen-bond acceptors (Lipinski definition) is 3. The molecule has 1 aliphatic rings. The van der Waals surface area contributed by atoms with E-state index in [1.165, 1.54) is 30.3 Å². The summed E-state index contributed by atoms with van der Waals surface area (Å²) in [7, 11) is 0. The van der Waals surface area contributed by atoms with Crippen molar-refractivity contribution in [1.29, 1.82) is 5.26 Å². The Morgan fingerprint density at radius 1 is 1.34 bits per heavy atom. The van der Waals surface area contributed by atoms with E-state index in [9.17, 15) is 15.2 Å². The van der Waals surface area contributed by atoms with Crippen molar-refractivity contribution in [3.05, 3.63) is 81.9 Å². The molecule has 4 atom stereocenters. The minimum Gasteiger partial charge on any atom is -0.480 e. The van der Waals surface area contributed by atoms with Crippen LogP contribution in [0.2, 0.25) is 10.0 Å². The quantitative estimate of drug-likeness (QED) is 0.511. The van der Waals surface area contributed by atoms with Gasteiger partial charge in [0, 0.05) is 22.5 Å². The smallest absolute Gasteiger partial charge is 0.321 e. The summed E-state index contributed by atoms with van der Waals surface area (Å²) < 4.78 is 30.5. The molecule has 4 nitrogen and oxygen atoms in total. The summed E-state index contributed by atoms with van der Waals surface area (Å²) in [6, 6.07) is 7.98. The zero-order chi connectivity index (χ0) is 23.8. The Morgan fingerprint density at radius 2 is 2.03 bits per heavy atom. The predicted molar refractivity (Wildman–Crippen MR) is 120 cm³/mol. The maximum absolute atomic E-state index is 15.3. The predicted octanol–water partition coefficient (Wildman–Crippen LogP) is 5.84. The number of halogens is 4. The minimum atomic E-state index is -1.77. The molecule has 0 radical (unpaired) electrons. The summed E-state index contributed by atoms with van der Waals surface area (Å²) in [6.07, 6.45) is 1.92. The van der Waals surface area contributed by atoms with E-state index in [0.717, 1.165) is 6.07 Å². The molecule has 32 heavy (non-hydrogen) atoms. The third-order valence-electron chi connectivity index (χ3n) is 6.18. The number of hydrogen-bond donors (Lipinski definition) is 2. The van der Waals surface area contributed by atoms with Crippen molar-refractivity contribution in [1.82, 2.24) is 5.32 Å². The Bertz CT molecular complexity index is 1120. The molecular formula is C24H22Cl2F2N2O2. The van der Waals surface area contributed by atoms with E-state index in [4.69, 9.17) is 23.2 Å². The van der Waals surface area contributed by atoms with Gasteiger partial charge < -0.3 is 5.11 Å². The molecular weight excluding hydrogens is 457 g/mol. The third-order valence-corrected chi connectivity index (χ3v) is 6.71. The van der Waals surface area contributed by atoms with Gasteiger partial charge in [-0.15, -0.1) is 6.58 Å². The van der Waals surface area contributed by atoms with E-state index in [1.54, 1.807) is 6.08 Å². The molecule has 2 aromatic rings. The van der Waals surface area contributed by atoms with Crippen molar-refractivity contribution in [2.45, 2.75) is 43.7 Å². The molecule has 2 N–H and O–H groups in total. The van der Waals surface area contributed by atoms with Crippen molar-refractivity contribution in [2.75, 3.05) is 0 Å². The van der Waals surface area contributed by atoms with Crippen LogP contribution in [-0.4, -0.2) is 23.2 Å². The number of benzene rings is 2. The van der Waals surface area contributed by atoms with Gasteiger partial charge in [-0.05, 0) is 35.6 Å². The number of carboxylic acid groups (broad SMARTS) is 1. The van der Waals surface area contributed by atoms with Crippen molar-refractivity contribution >= 4 is 29.2 Å². The minimum absolute atomic E-state index is 0.0603. The number of carbonyl (C=O) groups is 1. The van der Waals surface area contributed by atoms with Gasteiger partial charge in [0.15, 0.2) is 0 Å². The standard InChI is InChI=1S/C24H22Cl2F2N2O2/c1-4-23(2,3)11-18-24(12-29,15-9-8-13(25)10-17(15)27)19(21(30-18)22(31)32)14-6-5-7-16(26)20(14)28/h4-10,18-19,21,30H,1,11H2,2-3H3,(H,31,32). The van der Waals surface area contributed by atoms with Crippen LogP contribution >= 0.6 is 23.2 Å². The Labute approximate surface area is 195 Å². The molecule has 0 spiro atoms. The summed E-state index contributed by atoms with van der Waals surface area (Å²) in [4.78, 5) is 12.3. The highest BCUT2D eigenvalue weighted by atomic mass is 35.5. The van der Waals surface area contributed by atoms with E-state index < -0.39 is 46.4 Å². The van der Waals surface area contributed by atoms with Gasteiger partial charge >= 0.3 is 5.97 Å². The van der Waals surface area contributed by atoms with E-state index in [-0.39, 0.29) is 27.6 Å². The third kappa shape index (κ3) is 4.01. The van der Waals surface area contributed by atoms with Crippen LogP contribution in [0.1, 0.15) is 37.3 Å². The number of carboxylic acids is 1. The molecule has 0 aromatic heterocycles. The number of aliphatic carboxylic acids is 1. The van der Waals surface area contributed by atoms with Crippen LogP contribution in [-0.2, 0) is 10.2 Å². The lowest BCUT2D eigenvalue weighted by atomic mass is 9.62. The zero-order valence-electron chi connectivity index (χ0n) is 17.5. The second-order valence-corrected chi connectivity index (χ2v) is 9.50. The fourth-order valence-corrected chi connectivity index (χ4v) is 4.88. The van der Waals surface area contributed by atoms with Crippen molar-refractivity contribution in [3.63, 3.8) is 0 Å². The molecule has 0 aliphatic carbocycles. The fourth-order valence-electron chi connectivity index (χ4n) is 4.54. The molecule has 2 aromatic carbocycles. The highest BCUT2D eigenvalue weighted by molar-refractivity contribution is 6.31. The molecule has 4 unspecified atom stereocenters. The molecule has 0 amide bonds. The Balaban J connectivity index is 2.38. The molecule has 0 bridgehead atoms.